The van der Waals surface area contributed by atoms with E-state index in [0.717, 1.165) is 27.5 Å². The first kappa shape index (κ1) is 20.3. The van der Waals surface area contributed by atoms with Gasteiger partial charge in [-0.1, -0.05) is 17.7 Å². The minimum Gasteiger partial charge on any atom is -0.318 e. The van der Waals surface area contributed by atoms with Crippen LogP contribution in [0.3, 0.4) is 0 Å². The fourth-order valence-electron chi connectivity index (χ4n) is 3.66. The van der Waals surface area contributed by atoms with Crippen molar-refractivity contribution in [2.75, 3.05) is 4.90 Å². The summed E-state index contributed by atoms with van der Waals surface area (Å²) in [6.07, 6.45) is 1.48. The summed E-state index contributed by atoms with van der Waals surface area (Å²) in [4.78, 5) is 38.8. The van der Waals surface area contributed by atoms with E-state index in [4.69, 9.17) is 0 Å². The predicted molar refractivity (Wildman–Crippen MR) is 115 cm³/mol. The zero-order valence-electron chi connectivity index (χ0n) is 17.3. The number of imide groups is 2. The van der Waals surface area contributed by atoms with E-state index in [1.165, 1.54) is 18.2 Å². The molecule has 3 aromatic rings. The lowest BCUT2D eigenvalue weighted by atomic mass is 10.1. The third-order valence-corrected chi connectivity index (χ3v) is 5.25. The van der Waals surface area contributed by atoms with E-state index in [0.29, 0.717) is 11.3 Å². The summed E-state index contributed by atoms with van der Waals surface area (Å²) in [6, 6.07) is 14.0. The normalized spacial score (nSPS) is 15.5. The number of amides is 4. The third-order valence-electron chi connectivity index (χ3n) is 5.25. The molecule has 0 aliphatic carbocycles. The summed E-state index contributed by atoms with van der Waals surface area (Å²) in [5.74, 6) is -1.77. The van der Waals surface area contributed by atoms with Crippen molar-refractivity contribution >= 4 is 29.6 Å². The number of barbiturate groups is 1. The van der Waals surface area contributed by atoms with Crippen molar-refractivity contribution in [1.29, 1.82) is 0 Å². The number of halogens is 1. The highest BCUT2D eigenvalue weighted by atomic mass is 19.1. The molecule has 1 aliphatic heterocycles. The molecule has 7 heteroatoms. The molecule has 0 spiro atoms. The van der Waals surface area contributed by atoms with E-state index in [1.54, 1.807) is 36.4 Å². The van der Waals surface area contributed by atoms with Gasteiger partial charge in [-0.2, -0.15) is 0 Å². The summed E-state index contributed by atoms with van der Waals surface area (Å²) in [5.41, 5.74) is 4.26. The first-order valence-electron chi connectivity index (χ1n) is 9.69. The van der Waals surface area contributed by atoms with Crippen molar-refractivity contribution in [2.45, 2.75) is 20.8 Å². The number of urea groups is 1. The van der Waals surface area contributed by atoms with Gasteiger partial charge in [0.2, 0.25) is 0 Å². The topological polar surface area (TPSA) is 71.4 Å². The van der Waals surface area contributed by atoms with Crippen molar-refractivity contribution in [3.8, 4) is 5.69 Å². The van der Waals surface area contributed by atoms with Crippen LogP contribution >= 0.6 is 0 Å². The molecule has 4 amide bonds. The molecule has 31 heavy (non-hydrogen) atoms. The number of nitrogens with zero attached hydrogens (tertiary/aromatic N) is 2. The highest BCUT2D eigenvalue weighted by Gasteiger charge is 2.37. The van der Waals surface area contributed by atoms with Crippen LogP contribution in [-0.4, -0.2) is 22.4 Å². The Morgan fingerprint density at radius 2 is 1.48 bits per heavy atom. The molecule has 2 heterocycles. The monoisotopic (exact) mass is 417 g/mol. The lowest BCUT2D eigenvalue weighted by molar-refractivity contribution is -0.122. The first-order chi connectivity index (χ1) is 14.8. The van der Waals surface area contributed by atoms with E-state index in [1.807, 2.05) is 31.4 Å². The standard InChI is InChI=1S/C24H20FN3O3/c1-14-4-8-20(9-5-14)28-23(30)21(22(29)26-24(28)31)13-17-12-15(2)27(16(17)3)19-10-6-18(25)7-11-19/h4-13H,1-3H3,(H,26,29,31)/b21-13+. The summed E-state index contributed by atoms with van der Waals surface area (Å²) in [7, 11) is 0. The van der Waals surface area contributed by atoms with Crippen LogP contribution in [0.1, 0.15) is 22.5 Å². The lowest BCUT2D eigenvalue weighted by Gasteiger charge is -2.26. The van der Waals surface area contributed by atoms with Gasteiger partial charge in [0.05, 0.1) is 5.69 Å². The Bertz CT molecular complexity index is 1240. The van der Waals surface area contributed by atoms with Crippen LogP contribution in [0, 0.1) is 26.6 Å². The zero-order valence-corrected chi connectivity index (χ0v) is 17.3. The van der Waals surface area contributed by atoms with E-state index in [-0.39, 0.29) is 11.4 Å². The quantitative estimate of drug-likeness (QED) is 0.513. The average Bonchev–Trinajstić information content (AvgIpc) is 3.00. The van der Waals surface area contributed by atoms with Gasteiger partial charge in [0.15, 0.2) is 0 Å². The fraction of sp³-hybridized carbons (Fsp3) is 0.125. The van der Waals surface area contributed by atoms with Gasteiger partial charge in [0.25, 0.3) is 11.8 Å². The van der Waals surface area contributed by atoms with Crippen molar-refractivity contribution < 1.29 is 18.8 Å². The van der Waals surface area contributed by atoms with Gasteiger partial charge in [-0.05, 0) is 74.9 Å². The Morgan fingerprint density at radius 1 is 0.871 bits per heavy atom. The van der Waals surface area contributed by atoms with Crippen LogP contribution in [-0.2, 0) is 9.59 Å². The lowest BCUT2D eigenvalue weighted by Crippen LogP contribution is -2.54. The molecule has 1 aliphatic rings. The van der Waals surface area contributed by atoms with Crippen molar-refractivity contribution in [3.05, 3.63) is 88.5 Å². The number of rotatable bonds is 3. The zero-order chi connectivity index (χ0) is 22.3. The summed E-state index contributed by atoms with van der Waals surface area (Å²) in [5, 5.41) is 2.23. The molecule has 156 valence electrons. The molecule has 0 atom stereocenters. The summed E-state index contributed by atoms with van der Waals surface area (Å²) >= 11 is 0. The molecule has 0 radical (unpaired) electrons. The second kappa shape index (κ2) is 7.68. The van der Waals surface area contributed by atoms with Gasteiger partial charge < -0.3 is 4.57 Å². The van der Waals surface area contributed by atoms with Gasteiger partial charge in [0, 0.05) is 17.1 Å². The number of hydrogen-bond donors (Lipinski definition) is 1. The minimum absolute atomic E-state index is 0.139. The molecule has 1 saturated heterocycles. The molecule has 2 aromatic carbocycles. The predicted octanol–water partition coefficient (Wildman–Crippen LogP) is 4.21. The molecule has 0 unspecified atom stereocenters. The first-order valence-corrected chi connectivity index (χ1v) is 9.69. The van der Waals surface area contributed by atoms with Crippen LogP contribution in [0.2, 0.25) is 0 Å². The van der Waals surface area contributed by atoms with E-state index < -0.39 is 17.8 Å². The Labute approximate surface area is 178 Å². The number of anilines is 1. The van der Waals surface area contributed by atoms with E-state index in [9.17, 15) is 18.8 Å². The van der Waals surface area contributed by atoms with Crippen LogP contribution < -0.4 is 10.2 Å². The smallest absolute Gasteiger partial charge is 0.318 e. The average molecular weight is 417 g/mol. The molecule has 4 rings (SSSR count). The van der Waals surface area contributed by atoms with Crippen LogP contribution in [0.4, 0.5) is 14.9 Å². The summed E-state index contributed by atoms with van der Waals surface area (Å²) < 4.78 is 15.2. The number of nitrogens with one attached hydrogen (secondary N) is 1. The maximum absolute atomic E-state index is 13.3. The Hall–Kier alpha value is -4.00. The number of aromatic nitrogens is 1. The molecule has 1 aromatic heterocycles. The SMILES string of the molecule is Cc1ccc(N2C(=O)NC(=O)/C(=C\c3cc(C)n(-c4ccc(F)cc4)c3C)C2=O)cc1. The van der Waals surface area contributed by atoms with E-state index >= 15 is 0 Å². The molecule has 6 nitrogen and oxygen atoms in total. The highest BCUT2D eigenvalue weighted by molar-refractivity contribution is 6.39. The highest BCUT2D eigenvalue weighted by Crippen LogP contribution is 2.26. The fourth-order valence-corrected chi connectivity index (χ4v) is 3.66. The molecule has 0 saturated carbocycles. The number of hydrogen-bond acceptors (Lipinski definition) is 3. The van der Waals surface area contributed by atoms with Gasteiger partial charge in [0.1, 0.15) is 11.4 Å². The minimum atomic E-state index is -0.784. The second-order valence-corrected chi connectivity index (χ2v) is 7.43. The van der Waals surface area contributed by atoms with Crippen molar-refractivity contribution in [3.63, 3.8) is 0 Å². The molecule has 0 bridgehead atoms. The van der Waals surface area contributed by atoms with E-state index in [2.05, 4.69) is 5.32 Å². The van der Waals surface area contributed by atoms with Crippen LogP contribution in [0.15, 0.2) is 60.2 Å². The molecular formula is C24H20FN3O3. The third kappa shape index (κ3) is 3.66. The largest absolute Gasteiger partial charge is 0.335 e. The maximum atomic E-state index is 13.3. The van der Waals surface area contributed by atoms with Crippen LogP contribution in [0.5, 0.6) is 0 Å². The second-order valence-electron chi connectivity index (χ2n) is 7.43. The Morgan fingerprint density at radius 3 is 2.13 bits per heavy atom. The number of aryl methyl sites for hydroxylation is 2. The Balaban J connectivity index is 1.75. The summed E-state index contributed by atoms with van der Waals surface area (Å²) in [6.45, 7) is 5.62. The van der Waals surface area contributed by atoms with Crippen molar-refractivity contribution in [2.24, 2.45) is 0 Å². The Kier molecular flexibility index (Phi) is 5.02. The van der Waals surface area contributed by atoms with Gasteiger partial charge in [-0.15, -0.1) is 0 Å². The number of carbonyl (C=O) groups is 3. The van der Waals surface area contributed by atoms with Gasteiger partial charge in [-0.3, -0.25) is 14.9 Å². The number of carbonyl (C=O) groups excluding carboxylic acids is 3. The number of benzene rings is 2. The van der Waals surface area contributed by atoms with Gasteiger partial charge >= 0.3 is 6.03 Å². The van der Waals surface area contributed by atoms with Crippen molar-refractivity contribution in [1.82, 2.24) is 9.88 Å². The maximum Gasteiger partial charge on any atom is 0.335 e. The van der Waals surface area contributed by atoms with Gasteiger partial charge in [-0.25, -0.2) is 14.1 Å². The van der Waals surface area contributed by atoms with Crippen LogP contribution in [0.25, 0.3) is 11.8 Å². The molecule has 1 fully saturated rings. The molecular weight excluding hydrogens is 397 g/mol. The molecule has 1 N–H and O–H groups in total.